The number of halogens is 3. The van der Waals surface area contributed by atoms with E-state index in [0.717, 1.165) is 18.5 Å². The van der Waals surface area contributed by atoms with E-state index < -0.39 is 0 Å². The Morgan fingerprint density at radius 3 is 2.52 bits per heavy atom. The van der Waals surface area contributed by atoms with Crippen molar-refractivity contribution >= 4 is 23.2 Å². The summed E-state index contributed by atoms with van der Waals surface area (Å²) in [5.74, 6) is 1.33. The minimum atomic E-state index is -0.383. The van der Waals surface area contributed by atoms with E-state index in [2.05, 4.69) is 19.2 Å². The zero-order valence-corrected chi connectivity index (χ0v) is 17.5. The van der Waals surface area contributed by atoms with Gasteiger partial charge in [0.25, 0.3) is 0 Å². The lowest BCUT2D eigenvalue weighted by molar-refractivity contribution is 0.269. The summed E-state index contributed by atoms with van der Waals surface area (Å²) in [5.41, 5.74) is 1.70. The highest BCUT2D eigenvalue weighted by Gasteiger charge is 2.14. The van der Waals surface area contributed by atoms with E-state index >= 15 is 0 Å². The zero-order chi connectivity index (χ0) is 19.8. The second-order valence-electron chi connectivity index (χ2n) is 6.72. The summed E-state index contributed by atoms with van der Waals surface area (Å²) in [6, 6.07) is 8.01. The third kappa shape index (κ3) is 6.87. The second-order valence-corrected chi connectivity index (χ2v) is 7.54. The Labute approximate surface area is 170 Å². The standard InChI is InChI=1S/C21H26Cl2FNO2/c1-4-26-20-10-15(12-25-8-7-14(2)3)9-19(23)21(20)27-13-16-5-6-17(24)11-18(16)22/h5-6,9-11,14,25H,4,7-8,12-13H2,1-3H3. The molecule has 0 fully saturated rings. The highest BCUT2D eigenvalue weighted by atomic mass is 35.5. The van der Waals surface area contributed by atoms with Crippen molar-refractivity contribution < 1.29 is 13.9 Å². The molecule has 148 valence electrons. The average molecular weight is 414 g/mol. The first-order valence-electron chi connectivity index (χ1n) is 9.13. The molecule has 0 heterocycles. The molecule has 2 rings (SSSR count). The van der Waals surface area contributed by atoms with Gasteiger partial charge in [-0.3, -0.25) is 0 Å². The van der Waals surface area contributed by atoms with Gasteiger partial charge >= 0.3 is 0 Å². The number of benzene rings is 2. The van der Waals surface area contributed by atoms with Gasteiger partial charge in [-0.25, -0.2) is 4.39 Å². The van der Waals surface area contributed by atoms with Gasteiger partial charge in [0.15, 0.2) is 11.5 Å². The van der Waals surface area contributed by atoms with Crippen molar-refractivity contribution in [3.8, 4) is 11.5 Å². The minimum Gasteiger partial charge on any atom is -0.490 e. The molecule has 6 heteroatoms. The van der Waals surface area contributed by atoms with Crippen molar-refractivity contribution in [2.24, 2.45) is 5.92 Å². The van der Waals surface area contributed by atoms with Crippen molar-refractivity contribution in [3.63, 3.8) is 0 Å². The molecule has 0 saturated carbocycles. The number of rotatable bonds is 10. The maximum Gasteiger partial charge on any atom is 0.180 e. The predicted octanol–water partition coefficient (Wildman–Crippen LogP) is 6.25. The van der Waals surface area contributed by atoms with Crippen LogP contribution < -0.4 is 14.8 Å². The molecule has 1 N–H and O–H groups in total. The molecule has 0 bridgehead atoms. The Morgan fingerprint density at radius 1 is 1.07 bits per heavy atom. The van der Waals surface area contributed by atoms with Gasteiger partial charge in [-0.2, -0.15) is 0 Å². The van der Waals surface area contributed by atoms with Gasteiger partial charge in [0.1, 0.15) is 12.4 Å². The zero-order valence-electron chi connectivity index (χ0n) is 16.0. The van der Waals surface area contributed by atoms with Crippen LogP contribution in [0.4, 0.5) is 4.39 Å². The Balaban J connectivity index is 2.10. The Morgan fingerprint density at radius 2 is 1.85 bits per heavy atom. The summed E-state index contributed by atoms with van der Waals surface area (Å²) in [4.78, 5) is 0. The summed E-state index contributed by atoms with van der Waals surface area (Å²) in [6.45, 7) is 8.62. The SMILES string of the molecule is CCOc1cc(CNCCC(C)C)cc(Cl)c1OCc1ccc(F)cc1Cl. The Kier molecular flexibility index (Phi) is 8.68. The lowest BCUT2D eigenvalue weighted by Crippen LogP contribution is -2.16. The molecular formula is C21H26Cl2FNO2. The molecule has 0 aliphatic rings. The van der Waals surface area contributed by atoms with E-state index in [9.17, 15) is 4.39 Å². The number of nitrogens with one attached hydrogen (secondary N) is 1. The third-order valence-corrected chi connectivity index (χ3v) is 4.62. The molecule has 0 aliphatic heterocycles. The van der Waals surface area contributed by atoms with Crippen LogP contribution in [0.15, 0.2) is 30.3 Å². The second kappa shape index (κ2) is 10.7. The van der Waals surface area contributed by atoms with E-state index in [1.807, 2.05) is 19.1 Å². The van der Waals surface area contributed by atoms with Gasteiger partial charge in [-0.15, -0.1) is 0 Å². The van der Waals surface area contributed by atoms with Crippen LogP contribution in [0.3, 0.4) is 0 Å². The molecule has 0 unspecified atom stereocenters. The molecule has 0 amide bonds. The van der Waals surface area contributed by atoms with Crippen molar-refractivity contribution in [1.82, 2.24) is 5.32 Å². The van der Waals surface area contributed by atoms with E-state index in [1.165, 1.54) is 12.1 Å². The van der Waals surface area contributed by atoms with E-state index in [1.54, 1.807) is 6.07 Å². The molecule has 2 aromatic rings. The van der Waals surface area contributed by atoms with Gasteiger partial charge in [0.05, 0.1) is 16.7 Å². The monoisotopic (exact) mass is 413 g/mol. The highest BCUT2D eigenvalue weighted by Crippen LogP contribution is 2.37. The molecule has 0 aromatic heterocycles. The molecule has 0 atom stereocenters. The quantitative estimate of drug-likeness (QED) is 0.467. The van der Waals surface area contributed by atoms with Crippen LogP contribution >= 0.6 is 23.2 Å². The fourth-order valence-electron chi connectivity index (χ4n) is 2.54. The number of hydrogen-bond acceptors (Lipinski definition) is 3. The Bertz CT molecular complexity index is 753. The molecule has 2 aromatic carbocycles. The first-order chi connectivity index (χ1) is 12.9. The molecule has 0 aliphatic carbocycles. The van der Waals surface area contributed by atoms with Gasteiger partial charge in [0, 0.05) is 12.1 Å². The Hall–Kier alpha value is -1.49. The van der Waals surface area contributed by atoms with Crippen LogP contribution in [0.25, 0.3) is 0 Å². The lowest BCUT2D eigenvalue weighted by Gasteiger charge is -2.16. The van der Waals surface area contributed by atoms with Gasteiger partial charge in [-0.05, 0) is 55.6 Å². The van der Waals surface area contributed by atoms with Crippen molar-refractivity contribution in [1.29, 1.82) is 0 Å². The van der Waals surface area contributed by atoms with Crippen LogP contribution in [0.5, 0.6) is 11.5 Å². The summed E-state index contributed by atoms with van der Waals surface area (Å²) in [7, 11) is 0. The minimum absolute atomic E-state index is 0.172. The molecule has 27 heavy (non-hydrogen) atoms. The highest BCUT2D eigenvalue weighted by molar-refractivity contribution is 6.32. The smallest absolute Gasteiger partial charge is 0.180 e. The van der Waals surface area contributed by atoms with Crippen LogP contribution in [-0.2, 0) is 13.2 Å². The van der Waals surface area contributed by atoms with Crippen LogP contribution in [0.2, 0.25) is 10.0 Å². The van der Waals surface area contributed by atoms with Crippen molar-refractivity contribution in [3.05, 3.63) is 57.3 Å². The summed E-state index contributed by atoms with van der Waals surface area (Å²) < 4.78 is 24.7. The number of hydrogen-bond donors (Lipinski definition) is 1. The molecular weight excluding hydrogens is 388 g/mol. The number of ether oxygens (including phenoxy) is 2. The third-order valence-electron chi connectivity index (χ3n) is 3.98. The summed E-state index contributed by atoms with van der Waals surface area (Å²) in [6.07, 6.45) is 1.12. The predicted molar refractivity (Wildman–Crippen MR) is 110 cm³/mol. The summed E-state index contributed by atoms with van der Waals surface area (Å²) >= 11 is 12.5. The molecule has 0 radical (unpaired) electrons. The van der Waals surface area contributed by atoms with Crippen LogP contribution in [-0.4, -0.2) is 13.2 Å². The molecule has 3 nitrogen and oxygen atoms in total. The largest absolute Gasteiger partial charge is 0.490 e. The lowest BCUT2D eigenvalue weighted by atomic mass is 10.1. The first-order valence-corrected chi connectivity index (χ1v) is 9.89. The maximum atomic E-state index is 13.2. The van der Waals surface area contributed by atoms with Crippen LogP contribution in [0.1, 0.15) is 38.3 Å². The average Bonchev–Trinajstić information content (AvgIpc) is 2.59. The topological polar surface area (TPSA) is 30.5 Å². The first kappa shape index (κ1) is 21.8. The van der Waals surface area contributed by atoms with Crippen molar-refractivity contribution in [2.45, 2.75) is 40.3 Å². The fourth-order valence-corrected chi connectivity index (χ4v) is 3.05. The fraction of sp³-hybridized carbons (Fsp3) is 0.429. The van der Waals surface area contributed by atoms with E-state index in [-0.39, 0.29) is 12.4 Å². The van der Waals surface area contributed by atoms with Crippen LogP contribution in [0, 0.1) is 11.7 Å². The normalized spacial score (nSPS) is 11.1. The molecule has 0 spiro atoms. The van der Waals surface area contributed by atoms with E-state index in [4.69, 9.17) is 32.7 Å². The van der Waals surface area contributed by atoms with E-state index in [0.29, 0.717) is 46.2 Å². The van der Waals surface area contributed by atoms with Gasteiger partial charge in [-0.1, -0.05) is 43.1 Å². The summed E-state index contributed by atoms with van der Waals surface area (Å²) in [5, 5.41) is 4.20. The maximum absolute atomic E-state index is 13.2. The van der Waals surface area contributed by atoms with Gasteiger partial charge in [0.2, 0.25) is 0 Å². The molecule has 0 saturated heterocycles. The van der Waals surface area contributed by atoms with Gasteiger partial charge < -0.3 is 14.8 Å². The van der Waals surface area contributed by atoms with Crippen molar-refractivity contribution in [2.75, 3.05) is 13.2 Å².